The summed E-state index contributed by atoms with van der Waals surface area (Å²) in [6.07, 6.45) is 1.89. The highest BCUT2D eigenvalue weighted by atomic mass is 19.1. The van der Waals surface area contributed by atoms with Gasteiger partial charge in [0.15, 0.2) is 0 Å². The first kappa shape index (κ1) is 14.8. The molecule has 2 heterocycles. The molecule has 1 aromatic rings. The molecule has 1 unspecified atom stereocenters. The Morgan fingerprint density at radius 2 is 2.05 bits per heavy atom. The van der Waals surface area contributed by atoms with Crippen LogP contribution in [-0.2, 0) is 11.2 Å². The van der Waals surface area contributed by atoms with E-state index in [9.17, 15) is 4.39 Å². The van der Waals surface area contributed by atoms with E-state index in [1.165, 1.54) is 6.42 Å². The van der Waals surface area contributed by atoms with Crippen molar-refractivity contribution < 1.29 is 9.13 Å². The summed E-state index contributed by atoms with van der Waals surface area (Å²) in [5, 5.41) is 0. The van der Waals surface area contributed by atoms with Gasteiger partial charge in [-0.05, 0) is 43.1 Å². The van der Waals surface area contributed by atoms with Gasteiger partial charge in [-0.25, -0.2) is 4.39 Å². The van der Waals surface area contributed by atoms with E-state index in [1.54, 1.807) is 12.1 Å². The number of morpholine rings is 1. The van der Waals surface area contributed by atoms with E-state index in [0.717, 1.165) is 57.1 Å². The average Bonchev–Trinajstić information content (AvgIpc) is 2.98. The second kappa shape index (κ2) is 6.73. The van der Waals surface area contributed by atoms with Gasteiger partial charge in [0.2, 0.25) is 0 Å². The third kappa shape index (κ3) is 3.36. The number of hydrogen-bond donors (Lipinski definition) is 1. The molecular weight excluding hydrogens is 269 g/mol. The van der Waals surface area contributed by atoms with E-state index >= 15 is 0 Å². The highest BCUT2D eigenvalue weighted by Gasteiger charge is 2.29. The van der Waals surface area contributed by atoms with Crippen LogP contribution in [0.3, 0.4) is 0 Å². The predicted molar refractivity (Wildman–Crippen MR) is 82.2 cm³/mol. The molecule has 116 valence electrons. The van der Waals surface area contributed by atoms with E-state index in [0.29, 0.717) is 12.6 Å². The number of nitrogens with zero attached hydrogens (tertiary/aromatic N) is 2. The van der Waals surface area contributed by atoms with Crippen molar-refractivity contribution in [1.29, 1.82) is 0 Å². The zero-order valence-corrected chi connectivity index (χ0v) is 12.4. The fourth-order valence-corrected chi connectivity index (χ4v) is 3.42. The number of hydrogen-bond acceptors (Lipinski definition) is 4. The number of rotatable bonds is 4. The summed E-state index contributed by atoms with van der Waals surface area (Å²) in [7, 11) is 0. The summed E-state index contributed by atoms with van der Waals surface area (Å²) in [4.78, 5) is 4.90. The minimum Gasteiger partial charge on any atom is -0.379 e. The highest BCUT2D eigenvalue weighted by Crippen LogP contribution is 2.27. The lowest BCUT2D eigenvalue weighted by Crippen LogP contribution is -2.44. The van der Waals surface area contributed by atoms with E-state index < -0.39 is 0 Å². The lowest BCUT2D eigenvalue weighted by atomic mass is 10.1. The molecule has 0 radical (unpaired) electrons. The second-order valence-electron chi connectivity index (χ2n) is 5.85. The van der Waals surface area contributed by atoms with Crippen molar-refractivity contribution >= 4 is 5.69 Å². The number of anilines is 1. The quantitative estimate of drug-likeness (QED) is 0.907. The molecule has 5 heteroatoms. The number of nitrogens with two attached hydrogens (primary N) is 1. The number of halogens is 1. The van der Waals surface area contributed by atoms with E-state index in [4.69, 9.17) is 10.5 Å². The van der Waals surface area contributed by atoms with Crippen LogP contribution in [0.25, 0.3) is 0 Å². The minimum atomic E-state index is -0.175. The molecule has 0 aliphatic carbocycles. The topological polar surface area (TPSA) is 41.7 Å². The van der Waals surface area contributed by atoms with Gasteiger partial charge < -0.3 is 15.4 Å². The summed E-state index contributed by atoms with van der Waals surface area (Å²) < 4.78 is 18.9. The van der Waals surface area contributed by atoms with Crippen LogP contribution in [0.4, 0.5) is 10.1 Å². The van der Waals surface area contributed by atoms with Gasteiger partial charge in [-0.3, -0.25) is 4.90 Å². The fourth-order valence-electron chi connectivity index (χ4n) is 3.42. The van der Waals surface area contributed by atoms with Gasteiger partial charge in [0.05, 0.1) is 13.2 Å². The highest BCUT2D eigenvalue weighted by molar-refractivity contribution is 5.55. The average molecular weight is 293 g/mol. The maximum atomic E-state index is 13.4. The molecular formula is C16H24FN3O. The molecule has 21 heavy (non-hydrogen) atoms. The largest absolute Gasteiger partial charge is 0.379 e. The van der Waals surface area contributed by atoms with E-state index in [1.807, 2.05) is 6.07 Å². The maximum absolute atomic E-state index is 13.4. The normalized spacial score (nSPS) is 23.7. The van der Waals surface area contributed by atoms with Crippen molar-refractivity contribution in [3.05, 3.63) is 29.6 Å². The summed E-state index contributed by atoms with van der Waals surface area (Å²) in [6, 6.07) is 5.67. The van der Waals surface area contributed by atoms with Gasteiger partial charge >= 0.3 is 0 Å². The van der Waals surface area contributed by atoms with Crippen LogP contribution < -0.4 is 10.6 Å². The Bertz CT molecular complexity index is 477. The van der Waals surface area contributed by atoms with Crippen molar-refractivity contribution in [1.82, 2.24) is 4.90 Å². The SMILES string of the molecule is NCCc1cc(F)ccc1N1CCC(N2CCOCC2)C1. The summed E-state index contributed by atoms with van der Waals surface area (Å²) >= 11 is 0. The molecule has 2 aliphatic rings. The van der Waals surface area contributed by atoms with Crippen LogP contribution in [0.2, 0.25) is 0 Å². The number of ether oxygens (including phenoxy) is 1. The van der Waals surface area contributed by atoms with Crippen LogP contribution in [0.15, 0.2) is 18.2 Å². The van der Waals surface area contributed by atoms with Gasteiger partial charge in [0, 0.05) is 37.9 Å². The zero-order valence-electron chi connectivity index (χ0n) is 12.4. The molecule has 0 saturated carbocycles. The third-order valence-corrected chi connectivity index (χ3v) is 4.52. The second-order valence-corrected chi connectivity index (χ2v) is 5.85. The summed E-state index contributed by atoms with van der Waals surface area (Å²) in [5.41, 5.74) is 7.84. The van der Waals surface area contributed by atoms with Crippen LogP contribution in [-0.4, -0.2) is 56.9 Å². The summed E-state index contributed by atoms with van der Waals surface area (Å²) in [5.74, 6) is -0.175. The van der Waals surface area contributed by atoms with Gasteiger partial charge in [0.25, 0.3) is 0 Å². The Morgan fingerprint density at radius 3 is 2.81 bits per heavy atom. The molecule has 2 aliphatic heterocycles. The molecule has 0 amide bonds. The minimum absolute atomic E-state index is 0.175. The predicted octanol–water partition coefficient (Wildman–Crippen LogP) is 1.24. The Kier molecular flexibility index (Phi) is 4.73. The van der Waals surface area contributed by atoms with E-state index in [-0.39, 0.29) is 5.82 Å². The third-order valence-electron chi connectivity index (χ3n) is 4.52. The first-order valence-corrected chi connectivity index (χ1v) is 7.83. The van der Waals surface area contributed by atoms with E-state index in [2.05, 4.69) is 9.80 Å². The Balaban J connectivity index is 1.70. The molecule has 2 N–H and O–H groups in total. The first-order valence-electron chi connectivity index (χ1n) is 7.83. The van der Waals surface area contributed by atoms with Gasteiger partial charge in [-0.15, -0.1) is 0 Å². The molecule has 1 aromatic carbocycles. The smallest absolute Gasteiger partial charge is 0.123 e. The van der Waals surface area contributed by atoms with Crippen molar-refractivity contribution in [3.8, 4) is 0 Å². The van der Waals surface area contributed by atoms with Crippen molar-refractivity contribution in [2.75, 3.05) is 50.8 Å². The van der Waals surface area contributed by atoms with Crippen LogP contribution in [0, 0.1) is 5.82 Å². The maximum Gasteiger partial charge on any atom is 0.123 e. The molecule has 0 aromatic heterocycles. The first-order chi connectivity index (χ1) is 10.3. The van der Waals surface area contributed by atoms with Crippen molar-refractivity contribution in [2.24, 2.45) is 5.73 Å². The molecule has 0 spiro atoms. The molecule has 3 rings (SSSR count). The van der Waals surface area contributed by atoms with Crippen LogP contribution in [0.1, 0.15) is 12.0 Å². The monoisotopic (exact) mass is 293 g/mol. The fraction of sp³-hybridized carbons (Fsp3) is 0.625. The van der Waals surface area contributed by atoms with Gasteiger partial charge in [-0.2, -0.15) is 0 Å². The van der Waals surface area contributed by atoms with Crippen molar-refractivity contribution in [3.63, 3.8) is 0 Å². The summed E-state index contributed by atoms with van der Waals surface area (Å²) in [6.45, 7) is 6.33. The molecule has 0 bridgehead atoms. The molecule has 4 nitrogen and oxygen atoms in total. The van der Waals surface area contributed by atoms with Crippen LogP contribution >= 0.6 is 0 Å². The standard InChI is InChI=1S/C16H24FN3O/c17-14-1-2-16(13(11-14)3-5-18)20-6-4-15(12-20)19-7-9-21-10-8-19/h1-2,11,15H,3-10,12,18H2. The Labute approximate surface area is 125 Å². The van der Waals surface area contributed by atoms with Gasteiger partial charge in [0.1, 0.15) is 5.82 Å². The molecule has 2 fully saturated rings. The van der Waals surface area contributed by atoms with Crippen LogP contribution in [0.5, 0.6) is 0 Å². The van der Waals surface area contributed by atoms with Crippen molar-refractivity contribution in [2.45, 2.75) is 18.9 Å². The molecule has 2 saturated heterocycles. The Morgan fingerprint density at radius 1 is 1.24 bits per heavy atom. The Hall–Kier alpha value is -1.17. The lowest BCUT2D eigenvalue weighted by Gasteiger charge is -2.32. The zero-order chi connectivity index (χ0) is 14.7. The van der Waals surface area contributed by atoms with Gasteiger partial charge in [-0.1, -0.05) is 0 Å². The number of benzene rings is 1. The molecule has 1 atom stereocenters. The lowest BCUT2D eigenvalue weighted by molar-refractivity contribution is 0.0209.